The standard InChI is InChI=1S/C25H31N5O4/c1-24(2,3)34-23(32)30-13-14-33-20-17(11-12-26-18(20)15-30)22(31)27-25(4,5)21-16-9-7-8-10-19(16)29(6)28-21/h7-12H,13-15H2,1-6H3,(H,27,31). The first kappa shape index (κ1) is 23.5. The van der Waals surface area contributed by atoms with Gasteiger partial charge in [-0.2, -0.15) is 5.10 Å². The molecule has 1 aliphatic heterocycles. The molecule has 2 aromatic heterocycles. The Morgan fingerprint density at radius 2 is 1.85 bits per heavy atom. The number of benzene rings is 1. The lowest BCUT2D eigenvalue weighted by atomic mass is 9.96. The van der Waals surface area contributed by atoms with Crippen LogP contribution in [-0.4, -0.2) is 50.4 Å². The highest BCUT2D eigenvalue weighted by Crippen LogP contribution is 2.30. The number of ether oxygens (including phenoxy) is 2. The second-order valence-corrected chi connectivity index (χ2v) is 9.95. The maximum Gasteiger partial charge on any atom is 0.410 e. The lowest BCUT2D eigenvalue weighted by Crippen LogP contribution is -2.41. The summed E-state index contributed by atoms with van der Waals surface area (Å²) in [6, 6.07) is 9.54. The summed E-state index contributed by atoms with van der Waals surface area (Å²) < 4.78 is 13.2. The summed E-state index contributed by atoms with van der Waals surface area (Å²) in [5, 5.41) is 8.75. The van der Waals surface area contributed by atoms with Crippen molar-refractivity contribution in [2.75, 3.05) is 13.2 Å². The molecule has 0 aliphatic carbocycles. The monoisotopic (exact) mass is 465 g/mol. The van der Waals surface area contributed by atoms with Gasteiger partial charge in [0.15, 0.2) is 5.75 Å². The van der Waals surface area contributed by atoms with E-state index in [0.29, 0.717) is 23.6 Å². The fraction of sp³-hybridized carbons (Fsp3) is 0.440. The Morgan fingerprint density at radius 3 is 2.59 bits per heavy atom. The lowest BCUT2D eigenvalue weighted by Gasteiger charge is -2.26. The number of hydrogen-bond acceptors (Lipinski definition) is 6. The second-order valence-electron chi connectivity index (χ2n) is 9.95. The van der Waals surface area contributed by atoms with E-state index in [9.17, 15) is 9.59 Å². The first-order valence-corrected chi connectivity index (χ1v) is 11.3. The zero-order valence-corrected chi connectivity index (χ0v) is 20.5. The molecule has 34 heavy (non-hydrogen) atoms. The zero-order valence-electron chi connectivity index (χ0n) is 20.5. The third-order valence-corrected chi connectivity index (χ3v) is 5.60. The first-order valence-electron chi connectivity index (χ1n) is 11.3. The molecule has 0 radical (unpaired) electrons. The van der Waals surface area contributed by atoms with Crippen molar-refractivity contribution in [3.63, 3.8) is 0 Å². The van der Waals surface area contributed by atoms with Gasteiger partial charge in [-0.25, -0.2) is 4.79 Å². The Hall–Kier alpha value is -3.62. The number of pyridine rings is 1. The Labute approximate surface area is 199 Å². The Balaban J connectivity index is 1.59. The van der Waals surface area contributed by atoms with Gasteiger partial charge in [0.25, 0.3) is 5.91 Å². The third-order valence-electron chi connectivity index (χ3n) is 5.60. The number of rotatable bonds is 3. The average Bonchev–Trinajstić information content (AvgIpc) is 2.95. The molecule has 0 fully saturated rings. The van der Waals surface area contributed by atoms with E-state index in [1.807, 2.05) is 70.6 Å². The van der Waals surface area contributed by atoms with Gasteiger partial charge in [0, 0.05) is 18.6 Å². The number of aryl methyl sites for hydroxylation is 1. The Bertz CT molecular complexity index is 1240. The first-order chi connectivity index (χ1) is 16.0. The predicted octanol–water partition coefficient (Wildman–Crippen LogP) is 3.76. The van der Waals surface area contributed by atoms with Crippen molar-refractivity contribution < 1.29 is 19.1 Å². The molecule has 2 amide bonds. The van der Waals surface area contributed by atoms with Crippen LogP contribution < -0.4 is 10.1 Å². The van der Waals surface area contributed by atoms with Crippen molar-refractivity contribution in [3.05, 3.63) is 53.5 Å². The summed E-state index contributed by atoms with van der Waals surface area (Å²) in [6.07, 6.45) is 1.11. The van der Waals surface area contributed by atoms with Crippen LogP contribution in [0.1, 0.15) is 56.4 Å². The summed E-state index contributed by atoms with van der Waals surface area (Å²) in [7, 11) is 1.89. The van der Waals surface area contributed by atoms with E-state index >= 15 is 0 Å². The smallest absolute Gasteiger partial charge is 0.410 e. The van der Waals surface area contributed by atoms with Crippen LogP contribution in [-0.2, 0) is 23.9 Å². The summed E-state index contributed by atoms with van der Waals surface area (Å²) in [6.45, 7) is 10.1. The normalized spacial score (nSPS) is 14.2. The number of carbonyl (C=O) groups excluding carboxylic acids is 2. The van der Waals surface area contributed by atoms with Crippen LogP contribution in [0.5, 0.6) is 5.75 Å². The number of nitrogens with zero attached hydrogens (tertiary/aromatic N) is 4. The molecule has 4 rings (SSSR count). The highest BCUT2D eigenvalue weighted by Gasteiger charge is 2.32. The van der Waals surface area contributed by atoms with E-state index in [1.165, 1.54) is 4.90 Å². The van der Waals surface area contributed by atoms with Crippen LogP contribution in [0.25, 0.3) is 10.9 Å². The highest BCUT2D eigenvalue weighted by molar-refractivity contribution is 5.98. The third kappa shape index (κ3) is 4.69. The van der Waals surface area contributed by atoms with E-state index in [2.05, 4.69) is 15.4 Å². The average molecular weight is 466 g/mol. The van der Waals surface area contributed by atoms with Crippen molar-refractivity contribution in [2.24, 2.45) is 7.05 Å². The molecule has 0 saturated heterocycles. The largest absolute Gasteiger partial charge is 0.489 e. The van der Waals surface area contributed by atoms with Crippen LogP contribution in [0.4, 0.5) is 4.79 Å². The Kier molecular flexibility index (Phi) is 5.97. The molecule has 3 aromatic rings. The van der Waals surface area contributed by atoms with Crippen LogP contribution in [0.2, 0.25) is 0 Å². The molecule has 1 aliphatic rings. The number of amides is 2. The maximum atomic E-state index is 13.4. The van der Waals surface area contributed by atoms with Crippen LogP contribution in [0.15, 0.2) is 36.5 Å². The van der Waals surface area contributed by atoms with Gasteiger partial charge in [0.2, 0.25) is 0 Å². The van der Waals surface area contributed by atoms with Crippen molar-refractivity contribution in [1.82, 2.24) is 25.0 Å². The fourth-order valence-electron chi connectivity index (χ4n) is 4.03. The van der Waals surface area contributed by atoms with E-state index in [4.69, 9.17) is 9.47 Å². The van der Waals surface area contributed by atoms with Crippen LogP contribution in [0, 0.1) is 0 Å². The predicted molar refractivity (Wildman–Crippen MR) is 128 cm³/mol. The van der Waals surface area contributed by atoms with Gasteiger partial charge in [0.1, 0.15) is 17.9 Å². The van der Waals surface area contributed by atoms with Crippen LogP contribution in [0.3, 0.4) is 0 Å². The molecule has 9 nitrogen and oxygen atoms in total. The van der Waals surface area contributed by atoms with E-state index < -0.39 is 17.2 Å². The number of carbonyl (C=O) groups is 2. The number of fused-ring (bicyclic) bond motifs is 2. The van der Waals surface area contributed by atoms with Gasteiger partial charge in [-0.3, -0.25) is 19.4 Å². The summed E-state index contributed by atoms with van der Waals surface area (Å²) in [5.41, 5.74) is 1.28. The molecular formula is C25H31N5O4. The summed E-state index contributed by atoms with van der Waals surface area (Å²) in [4.78, 5) is 31.9. The lowest BCUT2D eigenvalue weighted by molar-refractivity contribution is 0.0223. The van der Waals surface area contributed by atoms with Crippen LogP contribution >= 0.6 is 0 Å². The van der Waals surface area contributed by atoms with Gasteiger partial charge in [-0.05, 0) is 46.8 Å². The molecule has 0 unspecified atom stereocenters. The molecule has 0 atom stereocenters. The molecule has 9 heteroatoms. The summed E-state index contributed by atoms with van der Waals surface area (Å²) in [5.74, 6) is 0.0804. The SMILES string of the molecule is Cn1nc(C(C)(C)NC(=O)c2ccnc3c2OCCN(C(=O)OC(C)(C)C)C3)c2ccccc21. The topological polar surface area (TPSA) is 98.6 Å². The van der Waals surface area contributed by atoms with Gasteiger partial charge in [-0.1, -0.05) is 18.2 Å². The molecular weight excluding hydrogens is 434 g/mol. The molecule has 1 aromatic carbocycles. The van der Waals surface area contributed by atoms with Gasteiger partial charge in [-0.15, -0.1) is 0 Å². The minimum absolute atomic E-state index is 0.194. The maximum absolute atomic E-state index is 13.4. The quantitative estimate of drug-likeness (QED) is 0.632. The van der Waals surface area contributed by atoms with E-state index in [-0.39, 0.29) is 19.1 Å². The summed E-state index contributed by atoms with van der Waals surface area (Å²) >= 11 is 0. The minimum atomic E-state index is -0.749. The molecule has 0 spiro atoms. The minimum Gasteiger partial charge on any atom is -0.489 e. The number of para-hydroxylation sites is 1. The van der Waals surface area contributed by atoms with Crippen molar-refractivity contribution >= 4 is 22.9 Å². The highest BCUT2D eigenvalue weighted by atomic mass is 16.6. The molecule has 3 heterocycles. The molecule has 0 bridgehead atoms. The van der Waals surface area contributed by atoms with Crippen molar-refractivity contribution in [1.29, 1.82) is 0 Å². The van der Waals surface area contributed by atoms with E-state index in [0.717, 1.165) is 16.6 Å². The second kappa shape index (κ2) is 8.62. The number of nitrogens with one attached hydrogen (secondary N) is 1. The van der Waals surface area contributed by atoms with Gasteiger partial charge >= 0.3 is 6.09 Å². The number of aromatic nitrogens is 3. The Morgan fingerprint density at radius 1 is 1.12 bits per heavy atom. The van der Waals surface area contributed by atoms with Crippen molar-refractivity contribution in [3.8, 4) is 5.75 Å². The number of hydrogen-bond donors (Lipinski definition) is 1. The van der Waals surface area contributed by atoms with Gasteiger partial charge < -0.3 is 14.8 Å². The molecule has 180 valence electrons. The van der Waals surface area contributed by atoms with Crippen molar-refractivity contribution in [2.45, 2.75) is 52.3 Å². The van der Waals surface area contributed by atoms with E-state index in [1.54, 1.807) is 12.3 Å². The molecule has 0 saturated carbocycles. The molecule has 1 N–H and O–H groups in total. The van der Waals surface area contributed by atoms with Gasteiger partial charge in [0.05, 0.1) is 35.4 Å². The fourth-order valence-corrected chi connectivity index (χ4v) is 4.03. The zero-order chi connectivity index (χ0) is 24.7.